The second kappa shape index (κ2) is 19.8. The molecule has 2 aliphatic heterocycles. The molecule has 7 unspecified atom stereocenters. The van der Waals surface area contributed by atoms with Crippen LogP contribution < -0.4 is 5.32 Å². The molecule has 0 radical (unpaired) electrons. The first kappa shape index (κ1) is 44.2. The number of carbonyl (C=O) groups excluding carboxylic acids is 3. The molecule has 2 heterocycles. The molecular formula is C38H68N2O10. The predicted octanol–water partition coefficient (Wildman–Crippen LogP) is 4.30. The van der Waals surface area contributed by atoms with Crippen molar-refractivity contribution in [3.05, 3.63) is 12.2 Å². The quantitative estimate of drug-likeness (QED) is 0.0808. The number of aldehydes is 1. The Morgan fingerprint density at radius 2 is 1.68 bits per heavy atom. The Morgan fingerprint density at radius 3 is 2.24 bits per heavy atom. The Balaban J connectivity index is 2.60. The smallest absolute Gasteiger partial charge is 0.311 e. The van der Waals surface area contributed by atoms with E-state index in [1.54, 1.807) is 20.8 Å². The third-order valence-corrected chi connectivity index (χ3v) is 9.69. The van der Waals surface area contributed by atoms with Crippen molar-refractivity contribution in [2.45, 2.75) is 149 Å². The number of aliphatic hydroxyl groups is 1. The second-order valence-electron chi connectivity index (χ2n) is 16.2. The lowest BCUT2D eigenvalue weighted by Gasteiger charge is -2.47. The predicted molar refractivity (Wildman–Crippen MR) is 191 cm³/mol. The van der Waals surface area contributed by atoms with E-state index in [1.165, 1.54) is 6.92 Å². The fraction of sp³-hybridized carbons (Fsp3) is 0.868. The summed E-state index contributed by atoms with van der Waals surface area (Å²) in [6.45, 7) is 22.6. The average molecular weight is 713 g/mol. The molecule has 12 atom stereocenters. The van der Waals surface area contributed by atoms with Crippen LogP contribution in [0.15, 0.2) is 12.2 Å². The summed E-state index contributed by atoms with van der Waals surface area (Å²) in [5.74, 6) is -2.69. The monoisotopic (exact) mass is 712 g/mol. The molecule has 12 heteroatoms. The fourth-order valence-electron chi connectivity index (χ4n) is 6.89. The number of ether oxygens (including phenoxy) is 6. The van der Waals surface area contributed by atoms with Gasteiger partial charge in [-0.1, -0.05) is 26.0 Å². The Hall–Kier alpha value is -1.93. The molecule has 2 fully saturated rings. The van der Waals surface area contributed by atoms with Gasteiger partial charge in [0, 0.05) is 24.9 Å². The van der Waals surface area contributed by atoms with Crippen LogP contribution in [0.5, 0.6) is 0 Å². The number of hydrogen-bond donors (Lipinski definition) is 2. The summed E-state index contributed by atoms with van der Waals surface area (Å²) in [5.41, 5.74) is -1.65. The molecule has 50 heavy (non-hydrogen) atoms. The summed E-state index contributed by atoms with van der Waals surface area (Å²) in [4.78, 5) is 40.1. The first-order valence-corrected chi connectivity index (χ1v) is 18.3. The second-order valence-corrected chi connectivity index (χ2v) is 16.2. The zero-order valence-corrected chi connectivity index (χ0v) is 32.9. The van der Waals surface area contributed by atoms with Gasteiger partial charge in [-0.2, -0.15) is 0 Å². The van der Waals surface area contributed by atoms with Crippen LogP contribution in [0.4, 0.5) is 0 Å². The average Bonchev–Trinajstić information content (AvgIpc) is 3.02. The van der Waals surface area contributed by atoms with Crippen LogP contribution in [-0.4, -0.2) is 123 Å². The van der Waals surface area contributed by atoms with Crippen molar-refractivity contribution in [3.8, 4) is 0 Å². The molecule has 2 saturated heterocycles. The molecule has 0 aromatic heterocycles. The first-order valence-electron chi connectivity index (χ1n) is 18.3. The van der Waals surface area contributed by atoms with E-state index in [2.05, 4.69) is 30.6 Å². The van der Waals surface area contributed by atoms with Gasteiger partial charge in [0.2, 0.25) is 5.91 Å². The number of rotatable bonds is 20. The molecule has 2 aliphatic rings. The van der Waals surface area contributed by atoms with Crippen molar-refractivity contribution in [1.29, 1.82) is 0 Å². The zero-order chi connectivity index (χ0) is 38.0. The van der Waals surface area contributed by atoms with E-state index in [0.29, 0.717) is 18.6 Å². The minimum atomic E-state index is -1.21. The van der Waals surface area contributed by atoms with E-state index in [9.17, 15) is 19.5 Å². The summed E-state index contributed by atoms with van der Waals surface area (Å²) in [7, 11) is 4.06. The van der Waals surface area contributed by atoms with Crippen LogP contribution >= 0.6 is 0 Å². The van der Waals surface area contributed by atoms with Crippen molar-refractivity contribution in [1.82, 2.24) is 10.2 Å². The summed E-state index contributed by atoms with van der Waals surface area (Å²) in [5, 5.41) is 13.2. The zero-order valence-electron chi connectivity index (χ0n) is 32.9. The molecule has 2 N–H and O–H groups in total. The number of nitrogens with one attached hydrogen (secondary N) is 1. The normalized spacial score (nSPS) is 28.8. The lowest BCUT2D eigenvalue weighted by molar-refractivity contribution is -0.272. The van der Waals surface area contributed by atoms with E-state index in [4.69, 9.17) is 28.4 Å². The van der Waals surface area contributed by atoms with Crippen LogP contribution in [0.2, 0.25) is 0 Å². The molecule has 0 aromatic rings. The highest BCUT2D eigenvalue weighted by atomic mass is 16.7. The lowest BCUT2D eigenvalue weighted by Crippen LogP contribution is -2.60. The third-order valence-electron chi connectivity index (χ3n) is 9.69. The van der Waals surface area contributed by atoms with E-state index in [1.807, 2.05) is 41.8 Å². The Bertz CT molecular complexity index is 1090. The molecule has 290 valence electrons. The highest BCUT2D eigenvalue weighted by Crippen LogP contribution is 2.36. The van der Waals surface area contributed by atoms with Gasteiger partial charge >= 0.3 is 5.97 Å². The van der Waals surface area contributed by atoms with Crippen LogP contribution in [0.3, 0.4) is 0 Å². The molecule has 1 amide bonds. The van der Waals surface area contributed by atoms with Gasteiger partial charge in [-0.15, -0.1) is 0 Å². The summed E-state index contributed by atoms with van der Waals surface area (Å²) in [6.07, 6.45) is 1.46. The first-order chi connectivity index (χ1) is 23.1. The Labute approximate surface area is 301 Å². The van der Waals surface area contributed by atoms with E-state index < -0.39 is 59.3 Å². The number of amides is 1. The number of hydrogen-bond acceptors (Lipinski definition) is 11. The maximum Gasteiger partial charge on any atom is 0.311 e. The van der Waals surface area contributed by atoms with Crippen molar-refractivity contribution in [2.75, 3.05) is 40.5 Å². The Morgan fingerprint density at radius 1 is 1.04 bits per heavy atom. The van der Waals surface area contributed by atoms with Crippen molar-refractivity contribution >= 4 is 18.2 Å². The van der Waals surface area contributed by atoms with Crippen LogP contribution in [0.1, 0.15) is 94.9 Å². The molecule has 12 nitrogen and oxygen atoms in total. The van der Waals surface area contributed by atoms with Crippen LogP contribution in [0.25, 0.3) is 0 Å². The highest BCUT2D eigenvalue weighted by molar-refractivity contribution is 5.91. The number of carbonyl (C=O) groups is 3. The summed E-state index contributed by atoms with van der Waals surface area (Å²) in [6, 6.07) is 0.200. The van der Waals surface area contributed by atoms with Crippen LogP contribution in [-0.2, 0) is 42.8 Å². The molecule has 0 spiro atoms. The topological polar surface area (TPSA) is 142 Å². The minimum absolute atomic E-state index is 0.00328. The van der Waals surface area contributed by atoms with Crippen molar-refractivity contribution in [2.24, 2.45) is 23.7 Å². The van der Waals surface area contributed by atoms with Crippen molar-refractivity contribution < 1.29 is 47.9 Å². The van der Waals surface area contributed by atoms with Gasteiger partial charge in [-0.3, -0.25) is 9.59 Å². The van der Waals surface area contributed by atoms with E-state index >= 15 is 0 Å². The summed E-state index contributed by atoms with van der Waals surface area (Å²) < 4.78 is 38.4. The molecule has 0 aliphatic carbocycles. The Kier molecular flexibility index (Phi) is 17.5. The molecule has 0 aromatic carbocycles. The SMILES string of the molecule is C=C(C)CO[C@](C)(CNC(=O)C(C)C=O)[C@H](OC1CC(N(C)C)CC(C)O1)[C@@H](C)[C@H](OC[C@H]1CC(C)CC(C)O1)C(C)C(=O)OCC(C)(C)O. The van der Waals surface area contributed by atoms with Crippen LogP contribution in [0, 0.1) is 23.7 Å². The third kappa shape index (κ3) is 14.2. The van der Waals surface area contributed by atoms with Gasteiger partial charge in [0.25, 0.3) is 0 Å². The molecule has 0 bridgehead atoms. The lowest BCUT2D eigenvalue weighted by atomic mass is 9.81. The molecule has 2 rings (SSSR count). The maximum atomic E-state index is 13.6. The van der Waals surface area contributed by atoms with Gasteiger partial charge in [-0.25, -0.2) is 0 Å². The van der Waals surface area contributed by atoms with E-state index in [-0.39, 0.29) is 50.7 Å². The fourth-order valence-corrected chi connectivity index (χ4v) is 6.89. The highest BCUT2D eigenvalue weighted by Gasteiger charge is 2.48. The van der Waals surface area contributed by atoms with Gasteiger partial charge in [0.15, 0.2) is 6.29 Å². The van der Waals surface area contributed by atoms with Gasteiger partial charge in [0.1, 0.15) is 18.5 Å². The minimum Gasteiger partial charge on any atom is -0.462 e. The largest absolute Gasteiger partial charge is 0.462 e. The van der Waals surface area contributed by atoms with Gasteiger partial charge < -0.3 is 48.5 Å². The standard InChI is InChI=1S/C38H68N2O10/c1-23(2)19-47-38(11,21-39-35(42)25(4)18-41)34(50-32-17-30(40(12)13)16-27(6)49-32)28(7)33(29(8)36(43)46-22-37(9,10)44)45-20-31-15-24(3)14-26(5)48-31/h18,24-34,44H,1,14-17,19-22H2,2-13H3,(H,39,42)/t24?,25?,26?,27?,28-,29?,30?,31+,32?,33-,34+,38+/m0/s1. The summed E-state index contributed by atoms with van der Waals surface area (Å²) >= 11 is 0. The number of esters is 1. The van der Waals surface area contributed by atoms with E-state index in [0.717, 1.165) is 24.8 Å². The maximum absolute atomic E-state index is 13.6. The van der Waals surface area contributed by atoms with Gasteiger partial charge in [-0.05, 0) is 94.7 Å². The van der Waals surface area contributed by atoms with Gasteiger partial charge in [0.05, 0.1) is 61.2 Å². The molecule has 0 saturated carbocycles. The number of nitrogens with zero attached hydrogens (tertiary/aromatic N) is 1. The van der Waals surface area contributed by atoms with Crippen molar-refractivity contribution in [3.63, 3.8) is 0 Å². The molecular weight excluding hydrogens is 644 g/mol.